The zero-order valence-corrected chi connectivity index (χ0v) is 13.8. The Kier molecular flexibility index (Phi) is 6.86. The largest absolute Gasteiger partial charge is 0.441 e. The summed E-state index contributed by atoms with van der Waals surface area (Å²) >= 11 is 0. The number of hydrogen-bond donors (Lipinski definition) is 0. The van der Waals surface area contributed by atoms with Gasteiger partial charge < -0.3 is 4.74 Å². The van der Waals surface area contributed by atoms with Crippen LogP contribution >= 0.6 is 0 Å². The molecule has 0 saturated heterocycles. The van der Waals surface area contributed by atoms with Crippen molar-refractivity contribution in [2.75, 3.05) is 0 Å². The SMILES string of the molecule is CCCCCCCC(O[C]=O)(c1ccccc1)c1ccccc1. The van der Waals surface area contributed by atoms with Gasteiger partial charge in [0.05, 0.1) is 0 Å². The van der Waals surface area contributed by atoms with Crippen molar-refractivity contribution < 1.29 is 9.53 Å². The average molecular weight is 309 g/mol. The highest BCUT2D eigenvalue weighted by Crippen LogP contribution is 2.38. The fourth-order valence-electron chi connectivity index (χ4n) is 3.09. The molecule has 23 heavy (non-hydrogen) atoms. The number of hydrogen-bond acceptors (Lipinski definition) is 2. The molecule has 0 N–H and O–H groups in total. The van der Waals surface area contributed by atoms with E-state index in [0.717, 1.165) is 30.4 Å². The van der Waals surface area contributed by atoms with Crippen molar-refractivity contribution >= 4 is 6.47 Å². The smallest absolute Gasteiger partial charge is 0.418 e. The molecule has 2 heteroatoms. The maximum Gasteiger partial charge on any atom is 0.418 e. The van der Waals surface area contributed by atoms with Crippen LogP contribution in [-0.4, -0.2) is 6.47 Å². The van der Waals surface area contributed by atoms with E-state index in [1.54, 1.807) is 6.47 Å². The number of rotatable bonds is 10. The van der Waals surface area contributed by atoms with Crippen molar-refractivity contribution in [3.8, 4) is 0 Å². The van der Waals surface area contributed by atoms with Gasteiger partial charge in [0.1, 0.15) is 0 Å². The molecular weight excluding hydrogens is 284 g/mol. The Morgan fingerprint density at radius 1 is 0.826 bits per heavy atom. The van der Waals surface area contributed by atoms with Gasteiger partial charge in [-0.2, -0.15) is 0 Å². The first-order valence-corrected chi connectivity index (χ1v) is 8.49. The molecule has 0 aliphatic rings. The van der Waals surface area contributed by atoms with Crippen molar-refractivity contribution in [1.82, 2.24) is 0 Å². The summed E-state index contributed by atoms with van der Waals surface area (Å²) in [6, 6.07) is 20.0. The van der Waals surface area contributed by atoms with E-state index in [4.69, 9.17) is 4.74 Å². The van der Waals surface area contributed by atoms with E-state index in [1.165, 1.54) is 19.3 Å². The summed E-state index contributed by atoms with van der Waals surface area (Å²) in [6.07, 6.45) is 6.65. The molecular formula is C21H25O2. The third-order valence-corrected chi connectivity index (χ3v) is 4.33. The second-order valence-corrected chi connectivity index (χ2v) is 5.91. The van der Waals surface area contributed by atoms with Crippen molar-refractivity contribution in [3.05, 3.63) is 71.8 Å². The van der Waals surface area contributed by atoms with Crippen molar-refractivity contribution in [2.24, 2.45) is 0 Å². The lowest BCUT2D eigenvalue weighted by Gasteiger charge is -2.33. The molecule has 2 aromatic rings. The average Bonchev–Trinajstić information content (AvgIpc) is 2.62. The highest BCUT2D eigenvalue weighted by molar-refractivity contribution is 5.46. The lowest BCUT2D eigenvalue weighted by molar-refractivity contribution is 0.0773. The van der Waals surface area contributed by atoms with Gasteiger partial charge in [-0.1, -0.05) is 93.3 Å². The maximum absolute atomic E-state index is 11.2. The van der Waals surface area contributed by atoms with Crippen molar-refractivity contribution in [1.29, 1.82) is 0 Å². The zero-order chi connectivity index (χ0) is 16.4. The van der Waals surface area contributed by atoms with Crippen LogP contribution in [0.5, 0.6) is 0 Å². The van der Waals surface area contributed by atoms with Crippen molar-refractivity contribution in [2.45, 2.75) is 51.0 Å². The number of benzene rings is 2. The highest BCUT2D eigenvalue weighted by Gasteiger charge is 2.36. The van der Waals surface area contributed by atoms with Crippen LogP contribution in [0, 0.1) is 0 Å². The van der Waals surface area contributed by atoms with Crippen LogP contribution in [0.4, 0.5) is 0 Å². The van der Waals surface area contributed by atoms with E-state index in [1.807, 2.05) is 60.7 Å². The Bertz CT molecular complexity index is 523. The zero-order valence-electron chi connectivity index (χ0n) is 13.8. The first-order valence-electron chi connectivity index (χ1n) is 8.49. The van der Waals surface area contributed by atoms with E-state index in [9.17, 15) is 4.79 Å². The second kappa shape index (κ2) is 9.14. The topological polar surface area (TPSA) is 26.3 Å². The lowest BCUT2D eigenvalue weighted by Crippen LogP contribution is -2.31. The number of ether oxygens (including phenoxy) is 1. The predicted molar refractivity (Wildman–Crippen MR) is 93.8 cm³/mol. The van der Waals surface area contributed by atoms with Crippen LogP contribution in [0.2, 0.25) is 0 Å². The molecule has 0 amide bonds. The van der Waals surface area contributed by atoms with Gasteiger partial charge >= 0.3 is 6.47 Å². The Morgan fingerprint density at radius 2 is 1.35 bits per heavy atom. The molecule has 0 atom stereocenters. The standard InChI is InChI=1S/C21H25O2/c1-2-3-4-5-12-17-21(23-18-22,19-13-8-6-9-14-19)20-15-10-7-11-16-20/h6-11,13-16H,2-5,12,17H2,1H3. The normalized spacial score (nSPS) is 11.2. The molecule has 0 fully saturated rings. The van der Waals surface area contributed by atoms with Crippen LogP contribution in [0.15, 0.2) is 60.7 Å². The summed E-state index contributed by atoms with van der Waals surface area (Å²) in [7, 11) is 0. The molecule has 0 aliphatic carbocycles. The second-order valence-electron chi connectivity index (χ2n) is 5.91. The van der Waals surface area contributed by atoms with Gasteiger partial charge in [-0.25, -0.2) is 4.79 Å². The maximum atomic E-state index is 11.2. The molecule has 0 aliphatic heterocycles. The van der Waals surface area contributed by atoms with Crippen LogP contribution in [0.3, 0.4) is 0 Å². The van der Waals surface area contributed by atoms with E-state index in [0.29, 0.717) is 0 Å². The Hall–Kier alpha value is -2.09. The minimum atomic E-state index is -0.740. The van der Waals surface area contributed by atoms with Crippen LogP contribution in [0.1, 0.15) is 56.6 Å². The van der Waals surface area contributed by atoms with Crippen LogP contribution in [0.25, 0.3) is 0 Å². The van der Waals surface area contributed by atoms with E-state index in [2.05, 4.69) is 6.92 Å². The van der Waals surface area contributed by atoms with Gasteiger partial charge in [0.2, 0.25) is 0 Å². The van der Waals surface area contributed by atoms with Gasteiger partial charge in [-0.05, 0) is 12.8 Å². The Labute approximate surface area is 139 Å². The number of unbranched alkanes of at least 4 members (excludes halogenated alkanes) is 4. The highest BCUT2D eigenvalue weighted by atomic mass is 16.5. The van der Waals surface area contributed by atoms with Gasteiger partial charge in [0.25, 0.3) is 0 Å². The summed E-state index contributed by atoms with van der Waals surface area (Å²) in [5.74, 6) is 0. The summed E-state index contributed by atoms with van der Waals surface area (Å²) in [5.41, 5.74) is 1.27. The molecule has 121 valence electrons. The van der Waals surface area contributed by atoms with Gasteiger partial charge in [-0.3, -0.25) is 0 Å². The fraction of sp³-hybridized carbons (Fsp3) is 0.381. The van der Waals surface area contributed by atoms with Gasteiger partial charge in [0.15, 0.2) is 5.60 Å². The molecule has 2 rings (SSSR count). The summed E-state index contributed by atoms with van der Waals surface area (Å²) < 4.78 is 5.60. The first-order chi connectivity index (χ1) is 11.3. The summed E-state index contributed by atoms with van der Waals surface area (Å²) in [5, 5.41) is 0. The minimum absolute atomic E-state index is 0.740. The lowest BCUT2D eigenvalue weighted by atomic mass is 9.81. The predicted octanol–water partition coefficient (Wildman–Crippen LogP) is 5.37. The van der Waals surface area contributed by atoms with E-state index < -0.39 is 5.60 Å². The van der Waals surface area contributed by atoms with Crippen LogP contribution in [-0.2, 0) is 15.1 Å². The molecule has 0 heterocycles. The molecule has 1 radical (unpaired) electrons. The van der Waals surface area contributed by atoms with Crippen molar-refractivity contribution in [3.63, 3.8) is 0 Å². The molecule has 0 aromatic heterocycles. The Morgan fingerprint density at radius 3 is 1.83 bits per heavy atom. The fourth-order valence-corrected chi connectivity index (χ4v) is 3.09. The summed E-state index contributed by atoms with van der Waals surface area (Å²) in [4.78, 5) is 11.2. The first kappa shape index (κ1) is 17.3. The molecule has 0 bridgehead atoms. The molecule has 0 saturated carbocycles. The van der Waals surface area contributed by atoms with Gasteiger partial charge in [0, 0.05) is 11.1 Å². The van der Waals surface area contributed by atoms with E-state index >= 15 is 0 Å². The molecule has 2 nitrogen and oxygen atoms in total. The number of carbonyl (C=O) groups excluding carboxylic acids is 1. The monoisotopic (exact) mass is 309 g/mol. The Balaban J connectivity index is 2.30. The molecule has 2 aromatic carbocycles. The molecule has 0 unspecified atom stereocenters. The third kappa shape index (κ3) is 4.44. The van der Waals surface area contributed by atoms with E-state index in [-0.39, 0.29) is 0 Å². The third-order valence-electron chi connectivity index (χ3n) is 4.33. The minimum Gasteiger partial charge on any atom is -0.441 e. The molecule has 0 spiro atoms. The summed E-state index contributed by atoms with van der Waals surface area (Å²) in [6.45, 7) is 3.92. The quantitative estimate of drug-likeness (QED) is 0.551. The van der Waals surface area contributed by atoms with Crippen LogP contribution < -0.4 is 0 Å². The van der Waals surface area contributed by atoms with Gasteiger partial charge in [-0.15, -0.1) is 0 Å².